The Labute approximate surface area is 202 Å². The lowest BCUT2D eigenvalue weighted by Crippen LogP contribution is -2.35. The van der Waals surface area contributed by atoms with Gasteiger partial charge in [0.25, 0.3) is 0 Å². The quantitative estimate of drug-likeness (QED) is 0.539. The Kier molecular flexibility index (Phi) is 9.01. The molecule has 8 heteroatoms. The summed E-state index contributed by atoms with van der Waals surface area (Å²) in [6.45, 7) is 2.61. The first kappa shape index (κ1) is 25.6. The monoisotopic (exact) mass is 472 g/mol. The first-order chi connectivity index (χ1) is 16.4. The lowest BCUT2D eigenvalue weighted by molar-refractivity contribution is -0.130. The van der Waals surface area contributed by atoms with Gasteiger partial charge >= 0.3 is 0 Å². The molecule has 2 aromatic carbocycles. The number of ether oxygens (including phenoxy) is 4. The van der Waals surface area contributed by atoms with E-state index in [0.717, 1.165) is 36.1 Å². The van der Waals surface area contributed by atoms with Crippen molar-refractivity contribution < 1.29 is 28.8 Å². The van der Waals surface area contributed by atoms with Crippen LogP contribution in [0, 0.1) is 0 Å². The highest BCUT2D eigenvalue weighted by Crippen LogP contribution is 2.33. The molecule has 2 aromatic rings. The van der Waals surface area contributed by atoms with Crippen molar-refractivity contribution in [3.8, 4) is 23.0 Å². The van der Waals surface area contributed by atoms with Crippen LogP contribution in [0.5, 0.6) is 23.0 Å². The van der Waals surface area contributed by atoms with Crippen molar-refractivity contribution in [3.05, 3.63) is 47.0 Å². The summed E-state index contributed by atoms with van der Waals surface area (Å²) < 4.78 is 21.4. The molecular formula is C26H36N2O6. The zero-order valence-electron chi connectivity index (χ0n) is 20.8. The maximum absolute atomic E-state index is 12.9. The highest BCUT2D eigenvalue weighted by molar-refractivity contribution is 5.80. The Morgan fingerprint density at radius 2 is 1.56 bits per heavy atom. The molecule has 0 fully saturated rings. The minimum absolute atomic E-state index is 0.124. The maximum atomic E-state index is 12.9. The number of aliphatic hydroxyl groups excluding tert-OH is 1. The third-order valence-electron chi connectivity index (χ3n) is 6.30. The minimum Gasteiger partial charge on any atom is -0.493 e. The van der Waals surface area contributed by atoms with Gasteiger partial charge in [0.1, 0.15) is 0 Å². The summed E-state index contributed by atoms with van der Waals surface area (Å²) in [5, 5.41) is 10.7. The molecule has 1 amide bonds. The third kappa shape index (κ3) is 6.12. The van der Waals surface area contributed by atoms with E-state index >= 15 is 0 Å². The van der Waals surface area contributed by atoms with Gasteiger partial charge in [-0.2, -0.15) is 0 Å². The molecule has 0 aliphatic carbocycles. The van der Waals surface area contributed by atoms with E-state index in [9.17, 15) is 9.90 Å². The molecule has 0 saturated heterocycles. The number of hydrogen-bond donors (Lipinski definition) is 1. The molecule has 34 heavy (non-hydrogen) atoms. The van der Waals surface area contributed by atoms with Gasteiger partial charge in [-0.05, 0) is 67.4 Å². The second-order valence-electron chi connectivity index (χ2n) is 8.53. The zero-order valence-corrected chi connectivity index (χ0v) is 20.8. The number of rotatable bonds is 11. The van der Waals surface area contributed by atoms with Crippen molar-refractivity contribution in [2.75, 3.05) is 61.7 Å². The van der Waals surface area contributed by atoms with Gasteiger partial charge in [0.05, 0.1) is 41.0 Å². The van der Waals surface area contributed by atoms with Gasteiger partial charge in [0, 0.05) is 19.6 Å². The summed E-state index contributed by atoms with van der Waals surface area (Å²) in [6.07, 6.45) is 1.33. The first-order valence-corrected chi connectivity index (χ1v) is 11.5. The van der Waals surface area contributed by atoms with Gasteiger partial charge in [-0.25, -0.2) is 0 Å². The Morgan fingerprint density at radius 3 is 2.21 bits per heavy atom. The number of benzene rings is 2. The predicted octanol–water partition coefficient (Wildman–Crippen LogP) is 2.70. The molecule has 1 heterocycles. The van der Waals surface area contributed by atoms with Crippen LogP contribution in [0.2, 0.25) is 0 Å². The van der Waals surface area contributed by atoms with E-state index in [1.807, 2.05) is 30.1 Å². The van der Waals surface area contributed by atoms with Crippen LogP contribution in [0.3, 0.4) is 0 Å². The van der Waals surface area contributed by atoms with E-state index < -0.39 is 6.10 Å². The van der Waals surface area contributed by atoms with E-state index in [0.29, 0.717) is 49.1 Å². The topological polar surface area (TPSA) is 80.7 Å². The number of likely N-dealkylation sites (N-methyl/N-ethyl adjacent to an activating group) is 1. The van der Waals surface area contributed by atoms with E-state index in [1.54, 1.807) is 40.6 Å². The fourth-order valence-corrected chi connectivity index (χ4v) is 4.34. The van der Waals surface area contributed by atoms with Gasteiger partial charge in [0.2, 0.25) is 5.91 Å². The first-order valence-electron chi connectivity index (χ1n) is 11.5. The predicted molar refractivity (Wildman–Crippen MR) is 130 cm³/mol. The normalized spacial score (nSPS) is 14.4. The van der Waals surface area contributed by atoms with Crippen LogP contribution in [-0.4, -0.2) is 82.5 Å². The Hall–Kier alpha value is -2.97. The Balaban J connectivity index is 1.51. The third-order valence-corrected chi connectivity index (χ3v) is 6.30. The Morgan fingerprint density at radius 1 is 0.941 bits per heavy atom. The average Bonchev–Trinajstić information content (AvgIpc) is 3.00. The summed E-state index contributed by atoms with van der Waals surface area (Å²) in [6, 6.07) is 9.34. The lowest BCUT2D eigenvalue weighted by Gasteiger charge is -2.24. The molecule has 0 bridgehead atoms. The van der Waals surface area contributed by atoms with Gasteiger partial charge in [-0.1, -0.05) is 6.07 Å². The molecular weight excluding hydrogens is 436 g/mol. The molecule has 0 saturated carbocycles. The van der Waals surface area contributed by atoms with Crippen molar-refractivity contribution in [1.29, 1.82) is 0 Å². The number of aliphatic hydroxyl groups is 1. The highest BCUT2D eigenvalue weighted by atomic mass is 16.5. The highest BCUT2D eigenvalue weighted by Gasteiger charge is 2.23. The summed E-state index contributed by atoms with van der Waals surface area (Å²) in [5.74, 6) is 2.69. The molecule has 0 aromatic heterocycles. The molecule has 1 atom stereocenters. The molecule has 1 N–H and O–H groups in total. The number of methoxy groups -OCH3 is 4. The number of carbonyl (C=O) groups is 1. The zero-order chi connectivity index (χ0) is 24.7. The SMILES string of the molecule is COc1ccc(C(O)CN(C)CCCN2CCc3cc(OC)c(OC)cc3CC2=O)cc1OC. The van der Waals surface area contributed by atoms with Gasteiger partial charge < -0.3 is 33.9 Å². The van der Waals surface area contributed by atoms with Crippen LogP contribution < -0.4 is 18.9 Å². The number of fused-ring (bicyclic) bond motifs is 1. The van der Waals surface area contributed by atoms with Crippen molar-refractivity contribution in [2.45, 2.75) is 25.4 Å². The van der Waals surface area contributed by atoms with Crippen LogP contribution in [0.25, 0.3) is 0 Å². The number of hydrogen-bond acceptors (Lipinski definition) is 7. The molecule has 1 unspecified atom stereocenters. The van der Waals surface area contributed by atoms with Crippen LogP contribution >= 0.6 is 0 Å². The smallest absolute Gasteiger partial charge is 0.227 e. The van der Waals surface area contributed by atoms with Gasteiger partial charge in [-0.3, -0.25) is 4.79 Å². The van der Waals surface area contributed by atoms with Crippen molar-refractivity contribution >= 4 is 5.91 Å². The standard InChI is InChI=1S/C26H36N2O6/c1-27(17-21(29)19-7-8-22(31-2)23(14-19)32-3)10-6-11-28-12-9-18-13-24(33-4)25(34-5)15-20(18)16-26(28)30/h7-8,13-15,21,29H,6,9-12,16-17H2,1-5H3. The second-order valence-corrected chi connectivity index (χ2v) is 8.53. The van der Waals surface area contributed by atoms with Crippen molar-refractivity contribution in [2.24, 2.45) is 0 Å². The molecule has 0 spiro atoms. The summed E-state index contributed by atoms with van der Waals surface area (Å²) in [5.41, 5.74) is 2.90. The van der Waals surface area contributed by atoms with Gasteiger partial charge in [0.15, 0.2) is 23.0 Å². The largest absolute Gasteiger partial charge is 0.493 e. The minimum atomic E-state index is -0.649. The van der Waals surface area contributed by atoms with E-state index in [-0.39, 0.29) is 5.91 Å². The molecule has 1 aliphatic heterocycles. The average molecular weight is 473 g/mol. The molecule has 3 rings (SSSR count). The number of nitrogens with zero attached hydrogens (tertiary/aromatic N) is 2. The van der Waals surface area contributed by atoms with Crippen LogP contribution in [0.4, 0.5) is 0 Å². The Bertz CT molecular complexity index is 980. The van der Waals surface area contributed by atoms with Crippen LogP contribution in [-0.2, 0) is 17.6 Å². The molecule has 186 valence electrons. The van der Waals surface area contributed by atoms with E-state index in [1.165, 1.54) is 0 Å². The fraction of sp³-hybridized carbons (Fsp3) is 0.500. The van der Waals surface area contributed by atoms with Gasteiger partial charge in [-0.15, -0.1) is 0 Å². The molecule has 0 radical (unpaired) electrons. The second kappa shape index (κ2) is 11.9. The number of carbonyl (C=O) groups excluding carboxylic acids is 1. The van der Waals surface area contributed by atoms with E-state index in [2.05, 4.69) is 4.90 Å². The van der Waals surface area contributed by atoms with Crippen molar-refractivity contribution in [1.82, 2.24) is 9.80 Å². The number of amides is 1. The summed E-state index contributed by atoms with van der Waals surface area (Å²) in [7, 11) is 8.37. The van der Waals surface area contributed by atoms with Crippen molar-refractivity contribution in [3.63, 3.8) is 0 Å². The summed E-state index contributed by atoms with van der Waals surface area (Å²) in [4.78, 5) is 16.9. The van der Waals surface area contributed by atoms with E-state index in [4.69, 9.17) is 18.9 Å². The molecule has 8 nitrogen and oxygen atoms in total. The summed E-state index contributed by atoms with van der Waals surface area (Å²) >= 11 is 0. The van der Waals surface area contributed by atoms with Crippen LogP contribution in [0.15, 0.2) is 30.3 Å². The maximum Gasteiger partial charge on any atom is 0.227 e. The molecule has 1 aliphatic rings. The fourth-order valence-electron chi connectivity index (χ4n) is 4.34. The van der Waals surface area contributed by atoms with Crippen LogP contribution in [0.1, 0.15) is 29.2 Å². The lowest BCUT2D eigenvalue weighted by atomic mass is 10.0.